The van der Waals surface area contributed by atoms with Crippen LogP contribution in [0.25, 0.3) is 0 Å². The summed E-state index contributed by atoms with van der Waals surface area (Å²) in [5.41, 5.74) is 1.33. The number of ether oxygens (including phenoxy) is 2. The fourth-order valence-electron chi connectivity index (χ4n) is 3.47. The number of fused-ring (bicyclic) bond motifs is 1. The second-order valence-electron chi connectivity index (χ2n) is 7.17. The zero-order valence-electron chi connectivity index (χ0n) is 16.1. The van der Waals surface area contributed by atoms with Gasteiger partial charge in [-0.15, -0.1) is 11.3 Å². The molecule has 0 bridgehead atoms. The average Bonchev–Trinajstić information content (AvgIpc) is 3.29. The number of nitrogens with zero attached hydrogens (tertiary/aromatic N) is 3. The Morgan fingerprint density at radius 2 is 2.31 bits per heavy atom. The van der Waals surface area contributed by atoms with Crippen LogP contribution in [-0.4, -0.2) is 62.9 Å². The van der Waals surface area contributed by atoms with Crippen molar-refractivity contribution in [3.63, 3.8) is 0 Å². The molecule has 0 spiro atoms. The van der Waals surface area contributed by atoms with Crippen LogP contribution in [-0.2, 0) is 28.9 Å². The number of hydrogen-bond acceptors (Lipinski definition) is 5. The fourth-order valence-corrected chi connectivity index (χ4v) is 4.69. The van der Waals surface area contributed by atoms with Crippen molar-refractivity contribution >= 4 is 17.3 Å². The van der Waals surface area contributed by atoms with Crippen LogP contribution in [0, 0.1) is 5.92 Å². The maximum Gasteiger partial charge on any atom is 0.193 e. The van der Waals surface area contributed by atoms with Crippen molar-refractivity contribution in [3.8, 4) is 0 Å². The number of aryl methyl sites for hydroxylation is 2. The third-order valence-corrected chi connectivity index (χ3v) is 6.10. The monoisotopic (exact) mass is 380 g/mol. The SMILES string of the molecule is CN=C(NCCCOCC1CCOC1)N(C)Cc1nc2c(s1)CCCC2. The second-order valence-corrected chi connectivity index (χ2v) is 8.34. The first kappa shape index (κ1) is 19.6. The zero-order chi connectivity index (χ0) is 18.2. The minimum atomic E-state index is 0.589. The van der Waals surface area contributed by atoms with Crippen LogP contribution in [0.3, 0.4) is 0 Å². The molecule has 3 rings (SSSR count). The van der Waals surface area contributed by atoms with E-state index >= 15 is 0 Å². The van der Waals surface area contributed by atoms with Crippen molar-refractivity contribution in [2.45, 2.75) is 45.1 Å². The lowest BCUT2D eigenvalue weighted by Gasteiger charge is -2.21. The molecule has 1 unspecified atom stereocenters. The molecule has 0 saturated carbocycles. The fraction of sp³-hybridized carbons (Fsp3) is 0.789. The molecule has 2 heterocycles. The molecule has 1 saturated heterocycles. The Kier molecular flexibility index (Phi) is 7.70. The number of rotatable bonds is 8. The molecule has 146 valence electrons. The van der Waals surface area contributed by atoms with Crippen LogP contribution in [0.1, 0.15) is 41.3 Å². The summed E-state index contributed by atoms with van der Waals surface area (Å²) in [6.45, 7) is 5.03. The summed E-state index contributed by atoms with van der Waals surface area (Å²) < 4.78 is 11.1. The highest BCUT2D eigenvalue weighted by molar-refractivity contribution is 7.11. The van der Waals surface area contributed by atoms with Gasteiger partial charge in [0.1, 0.15) is 5.01 Å². The number of aliphatic imine (C=N–C) groups is 1. The Balaban J connectivity index is 1.34. The summed E-state index contributed by atoms with van der Waals surface area (Å²) in [7, 11) is 3.91. The average molecular weight is 381 g/mol. The molecule has 1 aromatic heterocycles. The maximum atomic E-state index is 5.75. The van der Waals surface area contributed by atoms with Crippen LogP contribution >= 0.6 is 11.3 Å². The largest absolute Gasteiger partial charge is 0.381 e. The zero-order valence-corrected chi connectivity index (χ0v) is 16.9. The highest BCUT2D eigenvalue weighted by Crippen LogP contribution is 2.27. The first-order valence-corrected chi connectivity index (χ1v) is 10.6. The van der Waals surface area contributed by atoms with Gasteiger partial charge in [0.05, 0.1) is 25.5 Å². The predicted octanol–water partition coefficient (Wildman–Crippen LogP) is 2.47. The first-order chi connectivity index (χ1) is 12.8. The number of thiazole rings is 1. The van der Waals surface area contributed by atoms with Crippen molar-refractivity contribution in [1.82, 2.24) is 15.2 Å². The van der Waals surface area contributed by atoms with Crippen LogP contribution in [0.15, 0.2) is 4.99 Å². The van der Waals surface area contributed by atoms with E-state index in [0.717, 1.165) is 64.7 Å². The maximum absolute atomic E-state index is 5.75. The number of nitrogens with one attached hydrogen (secondary N) is 1. The lowest BCUT2D eigenvalue weighted by Crippen LogP contribution is -2.39. The quantitative estimate of drug-likeness (QED) is 0.427. The molecular weight excluding hydrogens is 348 g/mol. The van der Waals surface area contributed by atoms with Crippen LogP contribution in [0.5, 0.6) is 0 Å². The van der Waals surface area contributed by atoms with E-state index in [-0.39, 0.29) is 0 Å². The summed E-state index contributed by atoms with van der Waals surface area (Å²) in [6.07, 6.45) is 7.06. The van der Waals surface area contributed by atoms with Crippen LogP contribution in [0.4, 0.5) is 0 Å². The van der Waals surface area contributed by atoms with E-state index in [1.165, 1.54) is 34.8 Å². The molecule has 1 fully saturated rings. The van der Waals surface area contributed by atoms with E-state index < -0.39 is 0 Å². The van der Waals surface area contributed by atoms with Crippen LogP contribution in [0.2, 0.25) is 0 Å². The van der Waals surface area contributed by atoms with Gasteiger partial charge in [-0.2, -0.15) is 0 Å². The lowest BCUT2D eigenvalue weighted by molar-refractivity contribution is 0.0887. The minimum absolute atomic E-state index is 0.589. The van der Waals surface area contributed by atoms with Gasteiger partial charge in [0, 0.05) is 44.6 Å². The van der Waals surface area contributed by atoms with Gasteiger partial charge in [0.2, 0.25) is 0 Å². The Bertz CT molecular complexity index is 561. The highest BCUT2D eigenvalue weighted by atomic mass is 32.1. The smallest absolute Gasteiger partial charge is 0.193 e. The van der Waals surface area contributed by atoms with Gasteiger partial charge in [-0.1, -0.05) is 0 Å². The molecule has 1 aliphatic carbocycles. The lowest BCUT2D eigenvalue weighted by atomic mass is 10.0. The molecule has 1 aromatic rings. The van der Waals surface area contributed by atoms with Crippen LogP contribution < -0.4 is 5.32 Å². The molecule has 1 aliphatic heterocycles. The molecule has 26 heavy (non-hydrogen) atoms. The second kappa shape index (κ2) is 10.2. The van der Waals surface area contributed by atoms with Crippen molar-refractivity contribution in [2.24, 2.45) is 10.9 Å². The molecular formula is C19H32N4O2S. The van der Waals surface area contributed by atoms with Crippen molar-refractivity contribution in [1.29, 1.82) is 0 Å². The first-order valence-electron chi connectivity index (χ1n) is 9.81. The van der Waals surface area contributed by atoms with Gasteiger partial charge in [-0.25, -0.2) is 4.98 Å². The Morgan fingerprint density at radius 1 is 1.42 bits per heavy atom. The van der Waals surface area contributed by atoms with Crippen molar-refractivity contribution in [2.75, 3.05) is 47.1 Å². The highest BCUT2D eigenvalue weighted by Gasteiger charge is 2.17. The Hall–Kier alpha value is -1.18. The van der Waals surface area contributed by atoms with E-state index in [9.17, 15) is 0 Å². The normalized spacial score (nSPS) is 20.2. The molecule has 6 nitrogen and oxygen atoms in total. The number of hydrogen-bond donors (Lipinski definition) is 1. The predicted molar refractivity (Wildman–Crippen MR) is 106 cm³/mol. The van der Waals surface area contributed by atoms with Gasteiger partial charge in [-0.3, -0.25) is 4.99 Å². The summed E-state index contributed by atoms with van der Waals surface area (Å²) >= 11 is 1.87. The summed E-state index contributed by atoms with van der Waals surface area (Å²) in [6, 6.07) is 0. The van der Waals surface area contributed by atoms with Crippen molar-refractivity contribution < 1.29 is 9.47 Å². The molecule has 0 amide bonds. The molecule has 0 aromatic carbocycles. The number of guanidine groups is 1. The molecule has 1 N–H and O–H groups in total. The Labute approximate surface area is 161 Å². The van der Waals surface area contributed by atoms with Gasteiger partial charge >= 0.3 is 0 Å². The van der Waals surface area contributed by atoms with E-state index in [4.69, 9.17) is 14.5 Å². The topological polar surface area (TPSA) is 59.0 Å². The standard InChI is InChI=1S/C19H32N4O2S/c1-20-19(21-9-5-10-24-13-15-8-11-25-14-15)23(2)12-18-22-16-6-3-4-7-17(16)26-18/h15H,3-14H2,1-2H3,(H,20,21). The van der Waals surface area contributed by atoms with Gasteiger partial charge in [-0.05, 0) is 38.5 Å². The molecule has 2 aliphatic rings. The minimum Gasteiger partial charge on any atom is -0.381 e. The third kappa shape index (κ3) is 5.66. The molecule has 7 heteroatoms. The van der Waals surface area contributed by atoms with Gasteiger partial charge < -0.3 is 19.7 Å². The van der Waals surface area contributed by atoms with E-state index in [1.54, 1.807) is 0 Å². The molecule has 1 atom stereocenters. The van der Waals surface area contributed by atoms with E-state index in [1.807, 2.05) is 18.4 Å². The summed E-state index contributed by atoms with van der Waals surface area (Å²) in [5.74, 6) is 1.51. The van der Waals surface area contributed by atoms with E-state index in [2.05, 4.69) is 22.3 Å². The van der Waals surface area contributed by atoms with Gasteiger partial charge in [0.15, 0.2) is 5.96 Å². The summed E-state index contributed by atoms with van der Waals surface area (Å²) in [5, 5.41) is 4.63. The van der Waals surface area contributed by atoms with Gasteiger partial charge in [0.25, 0.3) is 0 Å². The summed E-state index contributed by atoms with van der Waals surface area (Å²) in [4.78, 5) is 12.9. The third-order valence-electron chi connectivity index (χ3n) is 4.96. The molecule has 0 radical (unpaired) electrons. The Morgan fingerprint density at radius 3 is 3.08 bits per heavy atom. The van der Waals surface area contributed by atoms with E-state index in [0.29, 0.717) is 5.92 Å². The van der Waals surface area contributed by atoms with Crippen molar-refractivity contribution in [3.05, 3.63) is 15.6 Å². The number of aromatic nitrogens is 1.